The molecule has 1 aromatic carbocycles. The van der Waals surface area contributed by atoms with Crippen molar-refractivity contribution in [3.63, 3.8) is 0 Å². The molecular weight excluding hydrogens is 358 g/mol. The Balaban J connectivity index is 2.17. The Bertz CT molecular complexity index is 836. The van der Waals surface area contributed by atoms with Gasteiger partial charge in [0.05, 0.1) is 12.2 Å². The van der Waals surface area contributed by atoms with Crippen molar-refractivity contribution in [1.29, 1.82) is 5.26 Å². The molecule has 0 saturated heterocycles. The minimum absolute atomic E-state index is 0.156. The molecule has 0 fully saturated rings. The summed E-state index contributed by atoms with van der Waals surface area (Å²) in [6.07, 6.45) is 3.07. The summed E-state index contributed by atoms with van der Waals surface area (Å²) in [5.41, 5.74) is 2.64. The Labute approximate surface area is 155 Å². The quantitative estimate of drug-likeness (QED) is 0.646. The number of aliphatic hydroxyl groups excluding tert-OH is 1. The van der Waals surface area contributed by atoms with Crippen LogP contribution in [-0.4, -0.2) is 33.8 Å². The van der Waals surface area contributed by atoms with E-state index in [-0.39, 0.29) is 13.2 Å². The predicted octanol–water partition coefficient (Wildman–Crippen LogP) is 2.03. The highest BCUT2D eigenvalue weighted by Crippen LogP contribution is 2.27. The van der Waals surface area contributed by atoms with Crippen molar-refractivity contribution >= 4 is 17.6 Å². The lowest BCUT2D eigenvalue weighted by atomic mass is 10.1. The third-order valence-electron chi connectivity index (χ3n) is 3.68. The van der Waals surface area contributed by atoms with Crippen molar-refractivity contribution in [3.05, 3.63) is 57.9 Å². The van der Waals surface area contributed by atoms with Gasteiger partial charge in [-0.25, -0.2) is 0 Å². The summed E-state index contributed by atoms with van der Waals surface area (Å²) in [6, 6.07) is 6.07. The summed E-state index contributed by atoms with van der Waals surface area (Å²) >= 11 is 6.16. The van der Waals surface area contributed by atoms with E-state index in [1.165, 1.54) is 6.20 Å². The minimum Gasteiger partial charge on any atom is -0.489 e. The third kappa shape index (κ3) is 5.17. The predicted molar refractivity (Wildman–Crippen MR) is 94.8 cm³/mol. The lowest BCUT2D eigenvalue weighted by Gasteiger charge is -2.16. The van der Waals surface area contributed by atoms with Crippen LogP contribution in [0.1, 0.15) is 22.3 Å². The molecule has 0 bridgehead atoms. The van der Waals surface area contributed by atoms with E-state index in [2.05, 4.69) is 10.3 Å². The standard InChI is InChI=1S/C18H18ClN3O4/c1-11-2-17(26-10-13-3-12(5-20)6-21-7-13)14(4-15(11)19)8-22-16(9-23)18(24)25/h2-4,6-7,16,22-23H,8-10H2,1H3,(H,24,25). The molecule has 3 N–H and O–H groups in total. The molecule has 7 nitrogen and oxygen atoms in total. The molecule has 0 amide bonds. The number of ether oxygens (including phenoxy) is 1. The molecule has 1 aromatic heterocycles. The van der Waals surface area contributed by atoms with Gasteiger partial charge in [0.25, 0.3) is 0 Å². The van der Waals surface area contributed by atoms with Gasteiger partial charge in [0, 0.05) is 35.1 Å². The zero-order chi connectivity index (χ0) is 19.1. The van der Waals surface area contributed by atoms with Crippen molar-refractivity contribution in [2.24, 2.45) is 0 Å². The first kappa shape index (κ1) is 19.7. The van der Waals surface area contributed by atoms with Gasteiger partial charge in [0.2, 0.25) is 0 Å². The molecule has 0 saturated carbocycles. The summed E-state index contributed by atoms with van der Waals surface area (Å²) in [5.74, 6) is -0.614. The Morgan fingerprint density at radius 2 is 2.19 bits per heavy atom. The Kier molecular flexibility index (Phi) is 6.92. The normalized spacial score (nSPS) is 11.6. The van der Waals surface area contributed by atoms with Gasteiger partial charge in [-0.05, 0) is 30.7 Å². The molecule has 1 heterocycles. The molecule has 2 aromatic rings. The molecule has 0 aliphatic rings. The van der Waals surface area contributed by atoms with E-state index in [1.807, 2.05) is 13.0 Å². The van der Waals surface area contributed by atoms with Gasteiger partial charge in [0.15, 0.2) is 0 Å². The van der Waals surface area contributed by atoms with E-state index < -0.39 is 18.6 Å². The van der Waals surface area contributed by atoms with Crippen molar-refractivity contribution in [3.8, 4) is 11.8 Å². The number of nitriles is 1. The van der Waals surface area contributed by atoms with E-state index in [9.17, 15) is 4.79 Å². The molecule has 2 rings (SSSR count). The summed E-state index contributed by atoms with van der Waals surface area (Å²) < 4.78 is 5.83. The molecule has 0 aliphatic carbocycles. The van der Waals surface area contributed by atoms with Gasteiger partial charge in [-0.2, -0.15) is 5.26 Å². The zero-order valence-corrected chi connectivity index (χ0v) is 14.8. The van der Waals surface area contributed by atoms with Crippen LogP contribution in [0.2, 0.25) is 5.02 Å². The van der Waals surface area contributed by atoms with Crippen molar-refractivity contribution in [2.75, 3.05) is 6.61 Å². The van der Waals surface area contributed by atoms with Crippen LogP contribution < -0.4 is 10.1 Å². The number of nitrogens with one attached hydrogen (secondary N) is 1. The number of aromatic nitrogens is 1. The SMILES string of the molecule is Cc1cc(OCc2cncc(C#N)c2)c(CNC(CO)C(=O)O)cc1Cl. The number of carboxylic acid groups (broad SMARTS) is 1. The number of hydrogen-bond donors (Lipinski definition) is 3. The number of aryl methyl sites for hydroxylation is 1. The highest BCUT2D eigenvalue weighted by Gasteiger charge is 2.17. The second-order valence-electron chi connectivity index (χ2n) is 5.65. The fourth-order valence-corrected chi connectivity index (χ4v) is 2.41. The molecule has 0 radical (unpaired) electrons. The second-order valence-corrected chi connectivity index (χ2v) is 6.05. The van der Waals surface area contributed by atoms with Gasteiger partial charge < -0.3 is 14.9 Å². The fourth-order valence-electron chi connectivity index (χ4n) is 2.22. The summed E-state index contributed by atoms with van der Waals surface area (Å²) in [5, 5.41) is 30.3. The van der Waals surface area contributed by atoms with E-state index in [1.54, 1.807) is 24.4 Å². The second kappa shape index (κ2) is 9.15. The van der Waals surface area contributed by atoms with Crippen LogP contribution >= 0.6 is 11.6 Å². The van der Waals surface area contributed by atoms with Gasteiger partial charge >= 0.3 is 5.97 Å². The maximum absolute atomic E-state index is 11.0. The smallest absolute Gasteiger partial charge is 0.323 e. The summed E-state index contributed by atoms with van der Waals surface area (Å²) in [4.78, 5) is 15.0. The monoisotopic (exact) mass is 375 g/mol. The number of halogens is 1. The topological polar surface area (TPSA) is 115 Å². The van der Waals surface area contributed by atoms with Crippen LogP contribution in [0.4, 0.5) is 0 Å². The summed E-state index contributed by atoms with van der Waals surface area (Å²) in [7, 11) is 0. The first-order valence-electron chi connectivity index (χ1n) is 7.77. The molecule has 26 heavy (non-hydrogen) atoms. The lowest BCUT2D eigenvalue weighted by molar-refractivity contribution is -0.140. The van der Waals surface area contributed by atoms with E-state index in [0.29, 0.717) is 21.9 Å². The number of carbonyl (C=O) groups is 1. The maximum Gasteiger partial charge on any atom is 0.323 e. The van der Waals surface area contributed by atoms with E-state index >= 15 is 0 Å². The maximum atomic E-state index is 11.0. The average molecular weight is 376 g/mol. The number of aliphatic carboxylic acids is 1. The molecule has 136 valence electrons. The van der Waals surface area contributed by atoms with Gasteiger partial charge in [-0.15, -0.1) is 0 Å². The van der Waals surface area contributed by atoms with Crippen LogP contribution in [0.3, 0.4) is 0 Å². The molecule has 8 heteroatoms. The highest BCUT2D eigenvalue weighted by molar-refractivity contribution is 6.31. The van der Waals surface area contributed by atoms with Crippen LogP contribution in [-0.2, 0) is 17.9 Å². The van der Waals surface area contributed by atoms with Crippen LogP contribution in [0, 0.1) is 18.3 Å². The summed E-state index contributed by atoms with van der Waals surface area (Å²) in [6.45, 7) is 1.65. The van der Waals surface area contributed by atoms with Crippen LogP contribution in [0.15, 0.2) is 30.6 Å². The first-order valence-corrected chi connectivity index (χ1v) is 8.15. The van der Waals surface area contributed by atoms with Gasteiger partial charge in [-0.3, -0.25) is 15.1 Å². The number of aliphatic hydroxyl groups is 1. The van der Waals surface area contributed by atoms with Crippen LogP contribution in [0.5, 0.6) is 5.75 Å². The molecule has 0 aliphatic heterocycles. The van der Waals surface area contributed by atoms with Crippen molar-refractivity contribution in [2.45, 2.75) is 26.1 Å². The largest absolute Gasteiger partial charge is 0.489 e. The number of rotatable bonds is 8. The van der Waals surface area contributed by atoms with Gasteiger partial charge in [0.1, 0.15) is 24.5 Å². The third-order valence-corrected chi connectivity index (χ3v) is 4.09. The lowest BCUT2D eigenvalue weighted by Crippen LogP contribution is -2.39. The van der Waals surface area contributed by atoms with Gasteiger partial charge in [-0.1, -0.05) is 11.6 Å². The number of nitrogens with zero attached hydrogens (tertiary/aromatic N) is 2. The number of hydrogen-bond acceptors (Lipinski definition) is 6. The molecule has 1 atom stereocenters. The number of pyridine rings is 1. The number of benzene rings is 1. The van der Waals surface area contributed by atoms with Crippen LogP contribution in [0.25, 0.3) is 0 Å². The van der Waals surface area contributed by atoms with E-state index in [4.69, 9.17) is 31.8 Å². The highest BCUT2D eigenvalue weighted by atomic mass is 35.5. The number of carboxylic acids is 1. The molecule has 0 spiro atoms. The zero-order valence-electron chi connectivity index (χ0n) is 14.1. The van der Waals surface area contributed by atoms with Crippen molar-refractivity contribution in [1.82, 2.24) is 10.3 Å². The first-order chi connectivity index (χ1) is 12.4. The molecule has 1 unspecified atom stereocenters. The average Bonchev–Trinajstić information content (AvgIpc) is 2.63. The Morgan fingerprint density at radius 3 is 2.85 bits per heavy atom. The fraction of sp³-hybridized carbons (Fsp3) is 0.278. The minimum atomic E-state index is -1.15. The Morgan fingerprint density at radius 1 is 1.42 bits per heavy atom. The molecular formula is C18H18ClN3O4. The van der Waals surface area contributed by atoms with Crippen molar-refractivity contribution < 1.29 is 19.7 Å². The van der Waals surface area contributed by atoms with E-state index in [0.717, 1.165) is 11.1 Å². The Hall–Kier alpha value is -2.66.